The summed E-state index contributed by atoms with van der Waals surface area (Å²) in [6, 6.07) is 5.71. The number of ether oxygens (including phenoxy) is 1. The number of amides is 1. The van der Waals surface area contributed by atoms with Crippen LogP contribution in [0, 0.1) is 5.92 Å². The molecule has 8 nitrogen and oxygen atoms in total. The van der Waals surface area contributed by atoms with Crippen molar-refractivity contribution in [3.63, 3.8) is 0 Å². The van der Waals surface area contributed by atoms with E-state index in [0.717, 1.165) is 31.7 Å². The van der Waals surface area contributed by atoms with Crippen molar-refractivity contribution in [3.05, 3.63) is 18.2 Å². The number of hydrogen-bond acceptors (Lipinski definition) is 6. The van der Waals surface area contributed by atoms with Crippen molar-refractivity contribution >= 4 is 29.3 Å². The van der Waals surface area contributed by atoms with Gasteiger partial charge in [0.25, 0.3) is 0 Å². The van der Waals surface area contributed by atoms with Crippen LogP contribution in [0.15, 0.2) is 18.2 Å². The second-order valence-corrected chi connectivity index (χ2v) is 5.78. The molecule has 3 rings (SSSR count). The first kappa shape index (κ1) is 16.2. The largest absolute Gasteiger partial charge is 0.466 e. The summed E-state index contributed by atoms with van der Waals surface area (Å²) in [5.41, 5.74) is 0.670. The van der Waals surface area contributed by atoms with E-state index in [1.165, 1.54) is 6.92 Å². The van der Waals surface area contributed by atoms with Crippen molar-refractivity contribution in [3.8, 4) is 0 Å². The Morgan fingerprint density at radius 2 is 2.08 bits per heavy atom. The monoisotopic (exact) mass is 331 g/mol. The van der Waals surface area contributed by atoms with Crippen LogP contribution in [-0.4, -0.2) is 46.2 Å². The highest BCUT2D eigenvalue weighted by molar-refractivity contribution is 5.86. The molecule has 1 fully saturated rings. The highest BCUT2D eigenvalue weighted by Crippen LogP contribution is 2.25. The summed E-state index contributed by atoms with van der Waals surface area (Å²) in [4.78, 5) is 29.5. The molecule has 0 saturated carbocycles. The van der Waals surface area contributed by atoms with Crippen molar-refractivity contribution < 1.29 is 14.3 Å². The normalized spacial score (nSPS) is 15.5. The van der Waals surface area contributed by atoms with Crippen LogP contribution < -0.4 is 10.2 Å². The summed E-state index contributed by atoms with van der Waals surface area (Å²) < 4.78 is 6.83. The van der Waals surface area contributed by atoms with Crippen LogP contribution in [0.5, 0.6) is 0 Å². The Balaban J connectivity index is 1.77. The molecule has 2 aromatic rings. The summed E-state index contributed by atoms with van der Waals surface area (Å²) in [6.07, 6.45) is 1.50. The Hall–Kier alpha value is -2.64. The number of aromatic nitrogens is 3. The summed E-state index contributed by atoms with van der Waals surface area (Å²) in [7, 11) is 0. The van der Waals surface area contributed by atoms with E-state index in [1.54, 1.807) is 4.52 Å². The molecular formula is C16H21N5O3. The van der Waals surface area contributed by atoms with Gasteiger partial charge in [-0.1, -0.05) is 6.07 Å². The number of esters is 1. The number of carbonyl (C=O) groups is 2. The maximum atomic E-state index is 11.9. The lowest BCUT2D eigenvalue weighted by atomic mass is 9.97. The third-order valence-electron chi connectivity index (χ3n) is 4.07. The van der Waals surface area contributed by atoms with E-state index in [2.05, 4.69) is 20.3 Å². The van der Waals surface area contributed by atoms with E-state index in [1.807, 2.05) is 25.1 Å². The van der Waals surface area contributed by atoms with Crippen molar-refractivity contribution in [2.45, 2.75) is 26.7 Å². The molecular weight excluding hydrogens is 310 g/mol. The van der Waals surface area contributed by atoms with E-state index in [-0.39, 0.29) is 23.7 Å². The standard InChI is InChI=1S/C16H21N5O3/c1-3-24-15(23)12-7-9-20(10-8-12)14-6-4-5-13-18-16(17-11(2)22)19-21(13)14/h4-6,12H,3,7-10H2,1-2H3,(H,17,19,22). The maximum Gasteiger partial charge on any atom is 0.309 e. The van der Waals surface area contributed by atoms with Gasteiger partial charge in [-0.25, -0.2) is 0 Å². The quantitative estimate of drug-likeness (QED) is 0.854. The number of fused-ring (bicyclic) bond motifs is 1. The van der Waals surface area contributed by atoms with Crippen LogP contribution in [0.1, 0.15) is 26.7 Å². The second-order valence-electron chi connectivity index (χ2n) is 5.78. The van der Waals surface area contributed by atoms with Gasteiger partial charge in [0.2, 0.25) is 11.9 Å². The van der Waals surface area contributed by atoms with Gasteiger partial charge in [0.05, 0.1) is 12.5 Å². The van der Waals surface area contributed by atoms with Crippen LogP contribution in [0.4, 0.5) is 11.8 Å². The molecule has 1 amide bonds. The first-order valence-electron chi connectivity index (χ1n) is 8.13. The molecule has 0 atom stereocenters. The molecule has 24 heavy (non-hydrogen) atoms. The predicted molar refractivity (Wildman–Crippen MR) is 88.9 cm³/mol. The van der Waals surface area contributed by atoms with E-state index >= 15 is 0 Å². The van der Waals surface area contributed by atoms with Gasteiger partial charge >= 0.3 is 5.97 Å². The Bertz CT molecular complexity index is 749. The number of pyridine rings is 1. The Kier molecular flexibility index (Phi) is 4.64. The zero-order valence-corrected chi connectivity index (χ0v) is 13.9. The Labute approximate surface area is 139 Å². The fourth-order valence-electron chi connectivity index (χ4n) is 2.95. The second kappa shape index (κ2) is 6.86. The third-order valence-corrected chi connectivity index (χ3v) is 4.07. The van der Waals surface area contributed by atoms with Gasteiger partial charge in [-0.3, -0.25) is 14.9 Å². The lowest BCUT2D eigenvalue weighted by Gasteiger charge is -2.32. The van der Waals surface area contributed by atoms with E-state index in [9.17, 15) is 9.59 Å². The summed E-state index contributed by atoms with van der Waals surface area (Å²) in [5.74, 6) is 0.841. The zero-order chi connectivity index (χ0) is 17.1. The molecule has 8 heteroatoms. The van der Waals surface area contributed by atoms with Crippen molar-refractivity contribution in [1.82, 2.24) is 14.6 Å². The Morgan fingerprint density at radius 3 is 2.75 bits per heavy atom. The average molecular weight is 331 g/mol. The molecule has 128 valence electrons. The summed E-state index contributed by atoms with van der Waals surface area (Å²) >= 11 is 0. The minimum Gasteiger partial charge on any atom is -0.466 e. The SMILES string of the molecule is CCOC(=O)C1CCN(c2cccc3nc(NC(C)=O)nn23)CC1. The predicted octanol–water partition coefficient (Wildman–Crippen LogP) is 1.47. The topological polar surface area (TPSA) is 88.8 Å². The molecule has 1 saturated heterocycles. The van der Waals surface area contributed by atoms with Crippen LogP contribution in [0.3, 0.4) is 0 Å². The number of nitrogens with one attached hydrogen (secondary N) is 1. The number of carbonyl (C=O) groups excluding carboxylic acids is 2. The smallest absolute Gasteiger partial charge is 0.309 e. The third kappa shape index (κ3) is 3.32. The molecule has 0 aromatic carbocycles. The van der Waals surface area contributed by atoms with Gasteiger partial charge in [-0.05, 0) is 31.9 Å². The molecule has 3 heterocycles. The molecule has 0 bridgehead atoms. The minimum absolute atomic E-state index is 0.0360. The number of piperidine rings is 1. The van der Waals surface area contributed by atoms with Crippen LogP contribution >= 0.6 is 0 Å². The molecule has 1 aliphatic rings. The van der Waals surface area contributed by atoms with E-state index in [4.69, 9.17) is 4.74 Å². The van der Waals surface area contributed by atoms with Gasteiger partial charge < -0.3 is 9.64 Å². The van der Waals surface area contributed by atoms with Crippen LogP contribution in [0.2, 0.25) is 0 Å². The molecule has 0 spiro atoms. The van der Waals surface area contributed by atoms with Crippen molar-refractivity contribution in [2.24, 2.45) is 5.92 Å². The molecule has 1 aliphatic heterocycles. The first-order chi connectivity index (χ1) is 11.6. The van der Waals surface area contributed by atoms with E-state index < -0.39 is 0 Å². The number of hydrogen-bond donors (Lipinski definition) is 1. The minimum atomic E-state index is -0.206. The lowest BCUT2D eigenvalue weighted by molar-refractivity contribution is -0.148. The van der Waals surface area contributed by atoms with Crippen LogP contribution in [0.25, 0.3) is 5.65 Å². The number of nitrogens with zero attached hydrogens (tertiary/aromatic N) is 4. The zero-order valence-electron chi connectivity index (χ0n) is 13.9. The summed E-state index contributed by atoms with van der Waals surface area (Å²) in [5, 5.41) is 6.95. The first-order valence-corrected chi connectivity index (χ1v) is 8.13. The van der Waals surface area contributed by atoms with E-state index in [0.29, 0.717) is 12.3 Å². The maximum absolute atomic E-state index is 11.9. The average Bonchev–Trinajstić information content (AvgIpc) is 2.96. The molecule has 1 N–H and O–H groups in total. The lowest BCUT2D eigenvalue weighted by Crippen LogP contribution is -2.37. The van der Waals surface area contributed by atoms with Crippen molar-refractivity contribution in [1.29, 1.82) is 0 Å². The van der Waals surface area contributed by atoms with Crippen LogP contribution in [-0.2, 0) is 14.3 Å². The van der Waals surface area contributed by atoms with Crippen molar-refractivity contribution in [2.75, 3.05) is 29.9 Å². The van der Waals surface area contributed by atoms with Gasteiger partial charge in [-0.15, -0.1) is 5.10 Å². The molecule has 0 unspecified atom stereocenters. The number of anilines is 2. The fourth-order valence-corrected chi connectivity index (χ4v) is 2.95. The molecule has 0 aliphatic carbocycles. The Morgan fingerprint density at radius 1 is 1.33 bits per heavy atom. The highest BCUT2D eigenvalue weighted by atomic mass is 16.5. The molecule has 0 radical (unpaired) electrons. The van der Waals surface area contributed by atoms with Gasteiger partial charge in [-0.2, -0.15) is 9.50 Å². The number of rotatable bonds is 4. The fraction of sp³-hybridized carbons (Fsp3) is 0.500. The van der Waals surface area contributed by atoms with Gasteiger partial charge in [0, 0.05) is 20.0 Å². The van der Waals surface area contributed by atoms with Gasteiger partial charge in [0.15, 0.2) is 5.65 Å². The summed E-state index contributed by atoms with van der Waals surface area (Å²) in [6.45, 7) is 5.16. The highest BCUT2D eigenvalue weighted by Gasteiger charge is 2.27. The van der Waals surface area contributed by atoms with Gasteiger partial charge in [0.1, 0.15) is 5.82 Å². The molecule has 2 aromatic heterocycles.